The van der Waals surface area contributed by atoms with Crippen molar-refractivity contribution in [3.63, 3.8) is 0 Å². The van der Waals surface area contributed by atoms with E-state index in [0.717, 1.165) is 27.4 Å². The highest BCUT2D eigenvalue weighted by molar-refractivity contribution is 6.10. The number of nitrogens with zero attached hydrogens (tertiary/aromatic N) is 1. The van der Waals surface area contributed by atoms with E-state index in [-0.39, 0.29) is 12.4 Å². The van der Waals surface area contributed by atoms with Gasteiger partial charge in [0, 0.05) is 40.7 Å². The molecule has 0 amide bonds. The molecule has 0 N–H and O–H groups in total. The molecule has 5 aromatic rings. The molecule has 148 valence electrons. The van der Waals surface area contributed by atoms with Crippen LogP contribution in [-0.2, 0) is 7.05 Å². The van der Waals surface area contributed by atoms with Gasteiger partial charge < -0.3 is 13.7 Å². The Morgan fingerprint density at radius 2 is 1.63 bits per heavy atom. The van der Waals surface area contributed by atoms with Crippen molar-refractivity contribution < 1.29 is 13.9 Å². The monoisotopic (exact) mass is 397 g/mol. The largest absolute Gasteiger partial charge is 0.485 e. The molecule has 0 unspecified atom stereocenters. The highest BCUT2D eigenvalue weighted by Gasteiger charge is 2.19. The van der Waals surface area contributed by atoms with E-state index in [0.29, 0.717) is 22.3 Å². The lowest BCUT2D eigenvalue weighted by Crippen LogP contribution is -2.13. The molecule has 3 aromatic carbocycles. The summed E-state index contributed by atoms with van der Waals surface area (Å²) in [5.41, 5.74) is 2.63. The van der Waals surface area contributed by atoms with E-state index in [1.165, 1.54) is 0 Å². The van der Waals surface area contributed by atoms with Gasteiger partial charge >= 0.3 is 5.63 Å². The summed E-state index contributed by atoms with van der Waals surface area (Å²) in [5, 5.41) is 3.12. The van der Waals surface area contributed by atoms with Crippen LogP contribution in [0.3, 0.4) is 0 Å². The highest BCUT2D eigenvalue weighted by atomic mass is 16.5. The minimum absolute atomic E-state index is 0.0932. The third kappa shape index (κ3) is 2.78. The second kappa shape index (κ2) is 6.88. The fourth-order valence-corrected chi connectivity index (χ4v) is 4.04. The number of aromatic nitrogens is 1. The Hall–Kier alpha value is -3.86. The molecule has 5 rings (SSSR count). The van der Waals surface area contributed by atoms with Gasteiger partial charge in [0.25, 0.3) is 0 Å². The zero-order valence-electron chi connectivity index (χ0n) is 16.6. The molecule has 0 saturated carbocycles. The lowest BCUT2D eigenvalue weighted by atomic mass is 10.1. The van der Waals surface area contributed by atoms with E-state index in [4.69, 9.17) is 9.15 Å². The van der Waals surface area contributed by atoms with E-state index >= 15 is 0 Å². The minimum atomic E-state index is -0.391. The Morgan fingerprint density at radius 1 is 0.933 bits per heavy atom. The zero-order valence-corrected chi connectivity index (χ0v) is 16.6. The molecule has 0 fully saturated rings. The second-order valence-electron chi connectivity index (χ2n) is 7.34. The van der Waals surface area contributed by atoms with Crippen LogP contribution in [0.15, 0.2) is 75.9 Å². The fraction of sp³-hybridized carbons (Fsp3) is 0.120. The lowest BCUT2D eigenvalue weighted by molar-refractivity contribution is 0.0922. The van der Waals surface area contributed by atoms with Crippen molar-refractivity contribution in [1.82, 2.24) is 4.57 Å². The van der Waals surface area contributed by atoms with Crippen LogP contribution in [0.5, 0.6) is 5.75 Å². The maximum Gasteiger partial charge on any atom is 0.344 e. The quantitative estimate of drug-likeness (QED) is 0.243. The van der Waals surface area contributed by atoms with Crippen LogP contribution in [-0.4, -0.2) is 17.0 Å². The number of ether oxygens (including phenoxy) is 1. The zero-order chi connectivity index (χ0) is 20.8. The Morgan fingerprint density at radius 3 is 2.43 bits per heavy atom. The second-order valence-corrected chi connectivity index (χ2v) is 7.34. The summed E-state index contributed by atoms with van der Waals surface area (Å²) < 4.78 is 13.3. The van der Waals surface area contributed by atoms with Gasteiger partial charge in [0.2, 0.25) is 5.78 Å². The number of fused-ring (bicyclic) bond motifs is 4. The van der Waals surface area contributed by atoms with Crippen molar-refractivity contribution in [2.45, 2.75) is 6.92 Å². The van der Waals surface area contributed by atoms with Crippen LogP contribution in [0, 0.1) is 6.92 Å². The lowest BCUT2D eigenvalue weighted by Gasteiger charge is -2.08. The number of hydrogen-bond donors (Lipinski definition) is 0. The fourth-order valence-electron chi connectivity index (χ4n) is 4.04. The number of carbonyl (C=O) groups excluding carboxylic acids is 1. The summed E-state index contributed by atoms with van der Waals surface area (Å²) in [6.07, 6.45) is 0. The number of hydrogen-bond acceptors (Lipinski definition) is 4. The molecule has 0 aliphatic rings. The molecule has 0 spiro atoms. The molecule has 0 saturated heterocycles. The average Bonchev–Trinajstić information content (AvgIpc) is 3.02. The van der Waals surface area contributed by atoms with Crippen molar-refractivity contribution in [3.05, 3.63) is 88.4 Å². The number of benzene rings is 3. The molecule has 0 aliphatic carbocycles. The van der Waals surface area contributed by atoms with E-state index < -0.39 is 5.63 Å². The third-order valence-corrected chi connectivity index (χ3v) is 5.64. The minimum Gasteiger partial charge on any atom is -0.485 e. The standard InChI is InChI=1S/C25H19NO4/c1-15-24(20-9-5-6-10-21(20)26(15)2)22(27)14-29-16-11-12-18-17-7-3-4-8-19(17)25(28)30-23(18)13-16/h3-13H,14H2,1-2H3. The first-order valence-electron chi connectivity index (χ1n) is 9.70. The van der Waals surface area contributed by atoms with Crippen molar-refractivity contribution in [2.24, 2.45) is 7.05 Å². The van der Waals surface area contributed by atoms with Crippen LogP contribution in [0.2, 0.25) is 0 Å². The molecular formula is C25H19NO4. The molecule has 0 atom stereocenters. The van der Waals surface area contributed by atoms with Crippen molar-refractivity contribution in [1.29, 1.82) is 0 Å². The van der Waals surface area contributed by atoms with Gasteiger partial charge in [-0.05, 0) is 36.6 Å². The van der Waals surface area contributed by atoms with E-state index in [2.05, 4.69) is 0 Å². The summed E-state index contributed by atoms with van der Waals surface area (Å²) >= 11 is 0. The molecule has 0 aliphatic heterocycles. The third-order valence-electron chi connectivity index (χ3n) is 5.64. The SMILES string of the molecule is Cc1c(C(=O)COc2ccc3c(c2)oc(=O)c2ccccc23)c2ccccc2n1C. The van der Waals surface area contributed by atoms with Gasteiger partial charge in [-0.1, -0.05) is 36.4 Å². The predicted octanol–water partition coefficient (Wildman–Crippen LogP) is 5.01. The van der Waals surface area contributed by atoms with Gasteiger partial charge in [-0.15, -0.1) is 0 Å². The van der Waals surface area contributed by atoms with Crippen LogP contribution in [0.25, 0.3) is 32.6 Å². The number of aryl methyl sites for hydroxylation is 1. The maximum atomic E-state index is 12.9. The molecular weight excluding hydrogens is 378 g/mol. The first-order valence-corrected chi connectivity index (χ1v) is 9.70. The summed E-state index contributed by atoms with van der Waals surface area (Å²) in [7, 11) is 1.95. The van der Waals surface area contributed by atoms with Crippen LogP contribution < -0.4 is 10.4 Å². The van der Waals surface area contributed by atoms with Crippen molar-refractivity contribution in [2.75, 3.05) is 6.61 Å². The highest BCUT2D eigenvalue weighted by Crippen LogP contribution is 2.28. The molecule has 0 radical (unpaired) electrons. The van der Waals surface area contributed by atoms with Crippen molar-refractivity contribution in [3.8, 4) is 5.75 Å². The maximum absolute atomic E-state index is 12.9. The van der Waals surface area contributed by atoms with Crippen LogP contribution in [0.1, 0.15) is 16.1 Å². The van der Waals surface area contributed by atoms with E-state index in [1.54, 1.807) is 18.2 Å². The molecule has 2 heterocycles. The number of para-hydroxylation sites is 1. The Kier molecular flexibility index (Phi) is 4.17. The van der Waals surface area contributed by atoms with Gasteiger partial charge in [0.15, 0.2) is 6.61 Å². The molecule has 30 heavy (non-hydrogen) atoms. The van der Waals surface area contributed by atoms with E-state index in [9.17, 15) is 9.59 Å². The summed E-state index contributed by atoms with van der Waals surface area (Å²) in [6.45, 7) is 1.83. The Labute approximate surface area is 172 Å². The van der Waals surface area contributed by atoms with Gasteiger partial charge in [-0.2, -0.15) is 0 Å². The first kappa shape index (κ1) is 18.2. The summed E-state index contributed by atoms with van der Waals surface area (Å²) in [4.78, 5) is 25.2. The average molecular weight is 397 g/mol. The normalized spacial score (nSPS) is 11.4. The molecule has 5 nitrogen and oxygen atoms in total. The summed E-state index contributed by atoms with van der Waals surface area (Å²) in [5.74, 6) is 0.386. The smallest absolute Gasteiger partial charge is 0.344 e. The molecule has 2 aromatic heterocycles. The Balaban J connectivity index is 1.47. The Bertz CT molecular complexity index is 1510. The number of rotatable bonds is 4. The molecule has 5 heteroatoms. The predicted molar refractivity (Wildman–Crippen MR) is 117 cm³/mol. The molecule has 0 bridgehead atoms. The van der Waals surface area contributed by atoms with Gasteiger partial charge in [-0.25, -0.2) is 4.79 Å². The van der Waals surface area contributed by atoms with Crippen LogP contribution >= 0.6 is 0 Å². The van der Waals surface area contributed by atoms with Gasteiger partial charge in [0.05, 0.1) is 5.39 Å². The topological polar surface area (TPSA) is 61.4 Å². The van der Waals surface area contributed by atoms with Gasteiger partial charge in [-0.3, -0.25) is 4.79 Å². The summed E-state index contributed by atoms with van der Waals surface area (Å²) in [6, 6.07) is 20.5. The number of carbonyl (C=O) groups is 1. The first-order chi connectivity index (χ1) is 14.5. The van der Waals surface area contributed by atoms with Crippen LogP contribution in [0.4, 0.5) is 0 Å². The van der Waals surface area contributed by atoms with E-state index in [1.807, 2.05) is 67.1 Å². The number of ketones is 1. The van der Waals surface area contributed by atoms with Gasteiger partial charge in [0.1, 0.15) is 11.3 Å². The van der Waals surface area contributed by atoms with Crippen molar-refractivity contribution >= 4 is 38.4 Å². The number of Topliss-reactive ketones (excluding diaryl/α,β-unsaturated/α-hetero) is 1.